The van der Waals surface area contributed by atoms with Crippen LogP contribution in [0.2, 0.25) is 0 Å². The standard InChI is InChI=1S/C14H15N5S/c1-8-13(20-10(3)17-8)9(2)18-12-5-4-11-14(19-12)16-7-6-15-11/h4-7,9H,1-3H3,(H,16,18,19). The van der Waals surface area contributed by atoms with Crippen LogP contribution in [0, 0.1) is 13.8 Å². The lowest BCUT2D eigenvalue weighted by Crippen LogP contribution is -2.08. The van der Waals surface area contributed by atoms with E-state index in [1.807, 2.05) is 26.0 Å². The van der Waals surface area contributed by atoms with Crippen molar-refractivity contribution in [2.75, 3.05) is 5.32 Å². The van der Waals surface area contributed by atoms with E-state index in [0.29, 0.717) is 5.65 Å². The molecular weight excluding hydrogens is 270 g/mol. The highest BCUT2D eigenvalue weighted by Crippen LogP contribution is 2.27. The average Bonchev–Trinajstić information content (AvgIpc) is 2.78. The predicted molar refractivity (Wildman–Crippen MR) is 81.0 cm³/mol. The molecule has 0 aromatic carbocycles. The summed E-state index contributed by atoms with van der Waals surface area (Å²) in [4.78, 5) is 18.6. The van der Waals surface area contributed by atoms with Crippen LogP contribution < -0.4 is 5.32 Å². The first kappa shape index (κ1) is 12.9. The number of aryl methyl sites for hydroxylation is 2. The van der Waals surface area contributed by atoms with Gasteiger partial charge in [0, 0.05) is 17.3 Å². The molecule has 5 nitrogen and oxygen atoms in total. The van der Waals surface area contributed by atoms with Crippen LogP contribution in [0.25, 0.3) is 11.2 Å². The SMILES string of the molecule is Cc1nc(C)c(C(C)Nc2ccc3nccnc3n2)s1. The third-order valence-electron chi connectivity index (χ3n) is 3.03. The summed E-state index contributed by atoms with van der Waals surface area (Å²) in [5, 5.41) is 4.48. The van der Waals surface area contributed by atoms with E-state index in [1.165, 1.54) is 4.88 Å². The lowest BCUT2D eigenvalue weighted by molar-refractivity contribution is 0.881. The van der Waals surface area contributed by atoms with Gasteiger partial charge in [-0.2, -0.15) is 0 Å². The molecule has 3 aromatic rings. The molecule has 102 valence electrons. The van der Waals surface area contributed by atoms with E-state index < -0.39 is 0 Å². The molecule has 0 bridgehead atoms. The molecule has 0 saturated heterocycles. The second kappa shape index (κ2) is 5.13. The Balaban J connectivity index is 1.87. The van der Waals surface area contributed by atoms with Gasteiger partial charge in [-0.25, -0.2) is 15.0 Å². The van der Waals surface area contributed by atoms with Crippen LogP contribution in [0.15, 0.2) is 24.5 Å². The second-order valence-corrected chi connectivity index (χ2v) is 5.88. The molecular formula is C14H15N5S. The number of anilines is 1. The molecule has 0 aliphatic carbocycles. The van der Waals surface area contributed by atoms with Crippen LogP contribution in [0.1, 0.15) is 28.5 Å². The lowest BCUT2D eigenvalue weighted by Gasteiger charge is -2.13. The Labute approximate surface area is 121 Å². The zero-order valence-electron chi connectivity index (χ0n) is 11.6. The maximum Gasteiger partial charge on any atom is 0.180 e. The maximum atomic E-state index is 4.48. The van der Waals surface area contributed by atoms with E-state index in [1.54, 1.807) is 23.7 Å². The van der Waals surface area contributed by atoms with Crippen molar-refractivity contribution < 1.29 is 0 Å². The summed E-state index contributed by atoms with van der Waals surface area (Å²) in [5.74, 6) is 0.802. The van der Waals surface area contributed by atoms with E-state index in [-0.39, 0.29) is 6.04 Å². The third-order valence-corrected chi connectivity index (χ3v) is 4.28. The van der Waals surface area contributed by atoms with Gasteiger partial charge in [0.1, 0.15) is 11.3 Å². The number of fused-ring (bicyclic) bond motifs is 1. The molecule has 1 N–H and O–H groups in total. The molecule has 3 aromatic heterocycles. The Hall–Kier alpha value is -2.08. The summed E-state index contributed by atoms with van der Waals surface area (Å²) in [6.45, 7) is 6.18. The monoisotopic (exact) mass is 285 g/mol. The van der Waals surface area contributed by atoms with Crippen LogP contribution in [-0.4, -0.2) is 19.9 Å². The fourth-order valence-electron chi connectivity index (χ4n) is 2.17. The molecule has 0 saturated carbocycles. The second-order valence-electron chi connectivity index (χ2n) is 4.64. The first-order valence-corrected chi connectivity index (χ1v) is 7.23. The highest BCUT2D eigenvalue weighted by molar-refractivity contribution is 7.11. The summed E-state index contributed by atoms with van der Waals surface area (Å²) in [5.41, 5.74) is 2.53. The smallest absolute Gasteiger partial charge is 0.180 e. The van der Waals surface area contributed by atoms with Crippen LogP contribution in [0.3, 0.4) is 0 Å². The first-order chi connectivity index (χ1) is 9.63. The molecule has 3 heterocycles. The zero-order valence-corrected chi connectivity index (χ0v) is 12.4. The molecule has 0 spiro atoms. The fraction of sp³-hybridized carbons (Fsp3) is 0.286. The normalized spacial score (nSPS) is 12.6. The van der Waals surface area contributed by atoms with Gasteiger partial charge in [0.25, 0.3) is 0 Å². The molecule has 20 heavy (non-hydrogen) atoms. The van der Waals surface area contributed by atoms with E-state index in [2.05, 4.69) is 32.2 Å². The number of hydrogen-bond acceptors (Lipinski definition) is 6. The minimum Gasteiger partial charge on any atom is -0.363 e. The Morgan fingerprint density at radius 3 is 2.65 bits per heavy atom. The Kier molecular flexibility index (Phi) is 3.31. The number of thiazole rings is 1. The van der Waals surface area contributed by atoms with Crippen molar-refractivity contribution in [3.05, 3.63) is 40.1 Å². The minimum atomic E-state index is 0.169. The van der Waals surface area contributed by atoms with Gasteiger partial charge in [-0.1, -0.05) is 0 Å². The Bertz CT molecular complexity index is 752. The van der Waals surface area contributed by atoms with Crippen LogP contribution in [0.4, 0.5) is 5.82 Å². The summed E-state index contributed by atoms with van der Waals surface area (Å²) in [7, 11) is 0. The topological polar surface area (TPSA) is 63.6 Å². The molecule has 0 aliphatic heterocycles. The average molecular weight is 285 g/mol. The van der Waals surface area contributed by atoms with Crippen molar-refractivity contribution in [1.82, 2.24) is 19.9 Å². The number of nitrogens with one attached hydrogen (secondary N) is 1. The minimum absolute atomic E-state index is 0.169. The van der Waals surface area contributed by atoms with E-state index >= 15 is 0 Å². The largest absolute Gasteiger partial charge is 0.363 e. The number of rotatable bonds is 3. The van der Waals surface area contributed by atoms with Gasteiger partial charge in [-0.3, -0.25) is 4.98 Å². The predicted octanol–water partition coefficient (Wildman–Crippen LogP) is 3.27. The van der Waals surface area contributed by atoms with Crippen LogP contribution in [0.5, 0.6) is 0 Å². The highest BCUT2D eigenvalue weighted by Gasteiger charge is 2.13. The Morgan fingerprint density at radius 2 is 1.90 bits per heavy atom. The molecule has 0 fully saturated rings. The summed E-state index contributed by atoms with van der Waals surface area (Å²) in [6.07, 6.45) is 3.32. The molecule has 0 amide bonds. The summed E-state index contributed by atoms with van der Waals surface area (Å²) < 4.78 is 0. The first-order valence-electron chi connectivity index (χ1n) is 6.42. The van der Waals surface area contributed by atoms with Crippen molar-refractivity contribution in [3.8, 4) is 0 Å². The molecule has 1 unspecified atom stereocenters. The lowest BCUT2D eigenvalue weighted by atomic mass is 10.2. The van der Waals surface area contributed by atoms with Gasteiger partial charge < -0.3 is 5.32 Å². The van der Waals surface area contributed by atoms with Crippen molar-refractivity contribution in [2.24, 2.45) is 0 Å². The van der Waals surface area contributed by atoms with Crippen molar-refractivity contribution in [2.45, 2.75) is 26.8 Å². The van der Waals surface area contributed by atoms with Gasteiger partial charge in [0.15, 0.2) is 5.65 Å². The van der Waals surface area contributed by atoms with Crippen molar-refractivity contribution in [1.29, 1.82) is 0 Å². The number of hydrogen-bond donors (Lipinski definition) is 1. The number of pyridine rings is 1. The van der Waals surface area contributed by atoms with Gasteiger partial charge in [0.05, 0.1) is 16.7 Å². The van der Waals surface area contributed by atoms with Gasteiger partial charge in [0.2, 0.25) is 0 Å². The van der Waals surface area contributed by atoms with Crippen molar-refractivity contribution >= 4 is 28.3 Å². The number of nitrogens with zero attached hydrogens (tertiary/aromatic N) is 4. The third kappa shape index (κ3) is 2.46. The maximum absolute atomic E-state index is 4.48. The number of aromatic nitrogens is 4. The quantitative estimate of drug-likeness (QED) is 0.800. The molecule has 0 radical (unpaired) electrons. The van der Waals surface area contributed by atoms with Crippen LogP contribution >= 0.6 is 11.3 Å². The van der Waals surface area contributed by atoms with E-state index in [0.717, 1.165) is 22.0 Å². The molecule has 0 aliphatic rings. The van der Waals surface area contributed by atoms with E-state index in [9.17, 15) is 0 Å². The summed E-state index contributed by atoms with van der Waals surface area (Å²) in [6, 6.07) is 4.02. The van der Waals surface area contributed by atoms with Gasteiger partial charge >= 0.3 is 0 Å². The summed E-state index contributed by atoms with van der Waals surface area (Å²) >= 11 is 1.72. The Morgan fingerprint density at radius 1 is 1.10 bits per heavy atom. The van der Waals surface area contributed by atoms with Gasteiger partial charge in [-0.15, -0.1) is 11.3 Å². The molecule has 3 rings (SSSR count). The highest BCUT2D eigenvalue weighted by atomic mass is 32.1. The van der Waals surface area contributed by atoms with Crippen molar-refractivity contribution in [3.63, 3.8) is 0 Å². The molecule has 1 atom stereocenters. The zero-order chi connectivity index (χ0) is 14.1. The molecule has 6 heteroatoms. The van der Waals surface area contributed by atoms with E-state index in [4.69, 9.17) is 0 Å². The van der Waals surface area contributed by atoms with Crippen LogP contribution in [-0.2, 0) is 0 Å². The fourth-order valence-corrected chi connectivity index (χ4v) is 3.10. The van der Waals surface area contributed by atoms with Gasteiger partial charge in [-0.05, 0) is 32.9 Å².